The number of carbonyl (C=O) groups excluding carboxylic acids is 2. The predicted molar refractivity (Wildman–Crippen MR) is 145 cm³/mol. The summed E-state index contributed by atoms with van der Waals surface area (Å²) in [6.07, 6.45) is 3.40. The minimum Gasteiger partial charge on any atom is -0.384 e. The van der Waals surface area contributed by atoms with Crippen molar-refractivity contribution in [3.05, 3.63) is 59.5 Å². The van der Waals surface area contributed by atoms with Gasteiger partial charge in [-0.05, 0) is 42.2 Å². The van der Waals surface area contributed by atoms with Crippen LogP contribution in [0.1, 0.15) is 23.1 Å². The lowest BCUT2D eigenvalue weighted by atomic mass is 10.0. The molecule has 1 aliphatic carbocycles. The minimum absolute atomic E-state index is 0.00709. The molecular formula is C26H26FN5O5S2. The zero-order chi connectivity index (χ0) is 27.6. The summed E-state index contributed by atoms with van der Waals surface area (Å²) in [4.78, 5) is 29.6. The quantitative estimate of drug-likeness (QED) is 0.251. The highest BCUT2D eigenvalue weighted by Gasteiger charge is 2.37. The number of ether oxygens (including phenoxy) is 1. The zero-order valence-corrected chi connectivity index (χ0v) is 22.6. The molecule has 0 aliphatic heterocycles. The van der Waals surface area contributed by atoms with E-state index in [9.17, 15) is 18.0 Å². The summed E-state index contributed by atoms with van der Waals surface area (Å²) in [5.74, 6) is -2.19. The number of hydrogen-bond acceptors (Lipinski definition) is 8. The topological polar surface area (TPSA) is 143 Å². The van der Waals surface area contributed by atoms with Gasteiger partial charge in [-0.1, -0.05) is 24.3 Å². The molecule has 0 spiro atoms. The molecule has 2 aromatic carbocycles. The van der Waals surface area contributed by atoms with Crippen LogP contribution in [-0.2, 0) is 24.2 Å². The van der Waals surface area contributed by atoms with Gasteiger partial charge in [-0.15, -0.1) is 11.3 Å². The number of benzene rings is 2. The van der Waals surface area contributed by atoms with Gasteiger partial charge < -0.3 is 15.4 Å². The molecule has 0 bridgehead atoms. The van der Waals surface area contributed by atoms with E-state index in [2.05, 4.69) is 25.8 Å². The number of thiazole rings is 1. The Morgan fingerprint density at radius 1 is 1.18 bits per heavy atom. The molecule has 1 aliphatic rings. The minimum atomic E-state index is -4.06. The fourth-order valence-corrected chi connectivity index (χ4v) is 7.00. The number of fused-ring (bicyclic) bond motifs is 1. The molecule has 2 aromatic heterocycles. The molecule has 5 rings (SSSR count). The van der Waals surface area contributed by atoms with Crippen molar-refractivity contribution in [1.82, 2.24) is 25.8 Å². The van der Waals surface area contributed by atoms with Gasteiger partial charge in [0.1, 0.15) is 10.8 Å². The van der Waals surface area contributed by atoms with Gasteiger partial charge in [0, 0.05) is 24.9 Å². The third-order valence-electron chi connectivity index (χ3n) is 6.26. The van der Waals surface area contributed by atoms with E-state index in [4.69, 9.17) is 4.74 Å². The molecule has 1 saturated carbocycles. The smallest absolute Gasteiger partial charge is 0.245 e. The largest absolute Gasteiger partial charge is 0.384 e. The summed E-state index contributed by atoms with van der Waals surface area (Å²) in [6.45, 7) is -0.476. The number of aromatic nitrogens is 3. The first-order chi connectivity index (χ1) is 18.7. The van der Waals surface area contributed by atoms with Crippen molar-refractivity contribution >= 4 is 43.2 Å². The average Bonchev–Trinajstić information content (AvgIpc) is 3.38. The second-order valence-electron chi connectivity index (χ2n) is 9.20. The fraction of sp³-hybridized carbons (Fsp3) is 0.308. The first-order valence-electron chi connectivity index (χ1n) is 12.2. The van der Waals surface area contributed by atoms with Crippen molar-refractivity contribution in [3.8, 4) is 22.4 Å². The van der Waals surface area contributed by atoms with Gasteiger partial charge in [-0.3, -0.25) is 14.7 Å². The number of aromatic amines is 1. The lowest BCUT2D eigenvalue weighted by Gasteiger charge is -2.15. The molecule has 13 heteroatoms. The number of rotatable bonds is 11. The van der Waals surface area contributed by atoms with Gasteiger partial charge in [0.25, 0.3) is 0 Å². The number of nitrogens with zero attached hydrogens (tertiary/aromatic N) is 2. The average molecular weight is 572 g/mol. The van der Waals surface area contributed by atoms with E-state index in [0.29, 0.717) is 15.8 Å². The summed E-state index contributed by atoms with van der Waals surface area (Å²) in [5.41, 5.74) is 2.96. The first-order valence-corrected chi connectivity index (χ1v) is 14.8. The Bertz CT molecular complexity index is 1600. The monoisotopic (exact) mass is 571 g/mol. The maximum atomic E-state index is 15.2. The van der Waals surface area contributed by atoms with Gasteiger partial charge in [0.15, 0.2) is 15.1 Å². The van der Waals surface area contributed by atoms with Crippen LogP contribution in [0.25, 0.3) is 32.6 Å². The molecule has 10 nitrogen and oxygen atoms in total. The van der Waals surface area contributed by atoms with Crippen LogP contribution in [0.5, 0.6) is 0 Å². The van der Waals surface area contributed by atoms with Crippen molar-refractivity contribution in [1.29, 1.82) is 0 Å². The van der Waals surface area contributed by atoms with E-state index in [-0.39, 0.29) is 29.8 Å². The maximum Gasteiger partial charge on any atom is 0.245 e. The van der Waals surface area contributed by atoms with E-state index in [1.54, 1.807) is 18.3 Å². The van der Waals surface area contributed by atoms with Gasteiger partial charge in [-0.2, -0.15) is 5.10 Å². The van der Waals surface area contributed by atoms with Crippen LogP contribution in [0.2, 0.25) is 0 Å². The number of sulfone groups is 1. The number of halogens is 1. The maximum absolute atomic E-state index is 15.2. The molecule has 1 atom stereocenters. The summed E-state index contributed by atoms with van der Waals surface area (Å²) < 4.78 is 46.8. The molecule has 0 radical (unpaired) electrons. The van der Waals surface area contributed by atoms with Crippen LogP contribution in [0.4, 0.5) is 4.39 Å². The molecule has 1 unspecified atom stereocenters. The molecule has 4 aromatic rings. The summed E-state index contributed by atoms with van der Waals surface area (Å²) in [7, 11) is -2.71. The van der Waals surface area contributed by atoms with Crippen molar-refractivity contribution in [2.45, 2.75) is 24.1 Å². The van der Waals surface area contributed by atoms with Crippen molar-refractivity contribution in [2.24, 2.45) is 0 Å². The highest BCUT2D eigenvalue weighted by Crippen LogP contribution is 2.35. The molecule has 1 fully saturated rings. The summed E-state index contributed by atoms with van der Waals surface area (Å²) >= 11 is 0.924. The third-order valence-corrected chi connectivity index (χ3v) is 9.38. The van der Waals surface area contributed by atoms with Gasteiger partial charge in [0.05, 0.1) is 34.8 Å². The Hall–Kier alpha value is -3.68. The number of nitrogens with one attached hydrogen (secondary N) is 3. The molecule has 39 heavy (non-hydrogen) atoms. The molecule has 0 saturated heterocycles. The Kier molecular flexibility index (Phi) is 7.73. The van der Waals surface area contributed by atoms with E-state index in [1.807, 2.05) is 18.2 Å². The van der Waals surface area contributed by atoms with Crippen LogP contribution in [-0.4, -0.2) is 67.5 Å². The van der Waals surface area contributed by atoms with E-state index >= 15 is 4.39 Å². The van der Waals surface area contributed by atoms with Crippen LogP contribution >= 0.6 is 11.3 Å². The standard InChI is InChI=1S/C26H26FN5O5S2/c1-37-10-11-39(35,36)24(25(34)28-14-23(33)30-17-6-7-17)26-31-21-12-18(19(27)13-22(21)38-26)15-2-4-16(5-3-15)20-8-9-29-32-20/h2-5,8-9,12-13,17,24H,6-7,10-11,14H2,1H3,(H,28,34)(H,29,32)(H,30,33). The molecule has 2 heterocycles. The fourth-order valence-electron chi connectivity index (χ4n) is 4.06. The molecule has 3 N–H and O–H groups in total. The Morgan fingerprint density at radius 3 is 2.59 bits per heavy atom. The van der Waals surface area contributed by atoms with Crippen molar-refractivity contribution < 1.29 is 27.1 Å². The van der Waals surface area contributed by atoms with Gasteiger partial charge in [0.2, 0.25) is 11.8 Å². The number of H-pyrrole nitrogens is 1. The molecule has 204 valence electrons. The van der Waals surface area contributed by atoms with E-state index in [1.165, 1.54) is 19.2 Å². The normalized spacial score (nSPS) is 14.3. The van der Waals surface area contributed by atoms with Crippen LogP contribution in [0.15, 0.2) is 48.7 Å². The number of carbonyl (C=O) groups is 2. The lowest BCUT2D eigenvalue weighted by Crippen LogP contribution is -2.41. The van der Waals surface area contributed by atoms with Gasteiger partial charge >= 0.3 is 0 Å². The van der Waals surface area contributed by atoms with Crippen molar-refractivity contribution in [3.63, 3.8) is 0 Å². The second kappa shape index (κ2) is 11.2. The van der Waals surface area contributed by atoms with Crippen LogP contribution < -0.4 is 10.6 Å². The zero-order valence-electron chi connectivity index (χ0n) is 20.9. The van der Waals surface area contributed by atoms with Crippen LogP contribution in [0, 0.1) is 5.82 Å². The molecule has 2 amide bonds. The number of hydrogen-bond donors (Lipinski definition) is 3. The van der Waals surface area contributed by atoms with E-state index in [0.717, 1.165) is 35.4 Å². The summed E-state index contributed by atoms with van der Waals surface area (Å²) in [6, 6.07) is 12.0. The Morgan fingerprint density at radius 2 is 1.92 bits per heavy atom. The van der Waals surface area contributed by atoms with Crippen molar-refractivity contribution in [2.75, 3.05) is 26.0 Å². The number of amides is 2. The third kappa shape index (κ3) is 6.15. The first kappa shape index (κ1) is 26.9. The lowest BCUT2D eigenvalue weighted by molar-refractivity contribution is -0.126. The van der Waals surface area contributed by atoms with E-state index < -0.39 is 38.5 Å². The predicted octanol–water partition coefficient (Wildman–Crippen LogP) is 2.99. The Labute approximate surface area is 227 Å². The Balaban J connectivity index is 1.44. The SMILES string of the molecule is COCCS(=O)(=O)C(C(=O)NCC(=O)NC1CC1)c1nc2cc(-c3ccc(-c4ccn[nH]4)cc3)c(F)cc2s1. The molecular weight excluding hydrogens is 545 g/mol. The second-order valence-corrected chi connectivity index (χ2v) is 12.5. The highest BCUT2D eigenvalue weighted by atomic mass is 32.2. The highest BCUT2D eigenvalue weighted by molar-refractivity contribution is 7.92. The summed E-state index contributed by atoms with van der Waals surface area (Å²) in [5, 5.41) is 10.3. The van der Waals surface area contributed by atoms with Gasteiger partial charge in [-0.25, -0.2) is 17.8 Å². The van der Waals surface area contributed by atoms with Crippen LogP contribution in [0.3, 0.4) is 0 Å². The number of methoxy groups -OCH3 is 1.